The number of benzene rings is 3. The van der Waals surface area contributed by atoms with Crippen molar-refractivity contribution in [3.63, 3.8) is 0 Å². The van der Waals surface area contributed by atoms with Crippen molar-refractivity contribution in [2.75, 3.05) is 13.1 Å². The zero-order chi connectivity index (χ0) is 18.8. The molecule has 1 aliphatic rings. The van der Waals surface area contributed by atoms with Crippen LogP contribution in [0.5, 0.6) is 0 Å². The summed E-state index contributed by atoms with van der Waals surface area (Å²) in [6.45, 7) is 1.06. The molecule has 3 aromatic carbocycles. The molecule has 0 unspecified atom stereocenters. The number of hydrogen-bond acceptors (Lipinski definition) is 1. The SMILES string of the molecule is O=C1c2ccc(-c3ccccc3F)cc2CCN1CCc1ccccc1F. The molecule has 0 aromatic heterocycles. The van der Waals surface area contributed by atoms with Gasteiger partial charge in [0.1, 0.15) is 11.6 Å². The van der Waals surface area contributed by atoms with Gasteiger partial charge in [-0.15, -0.1) is 0 Å². The van der Waals surface area contributed by atoms with Gasteiger partial charge in [0.15, 0.2) is 0 Å². The summed E-state index contributed by atoms with van der Waals surface area (Å²) in [5.41, 5.74) is 3.51. The monoisotopic (exact) mass is 363 g/mol. The number of fused-ring (bicyclic) bond motifs is 1. The minimum absolute atomic E-state index is 0.0485. The molecular formula is C23H19F2NO. The van der Waals surface area contributed by atoms with Crippen molar-refractivity contribution < 1.29 is 13.6 Å². The summed E-state index contributed by atoms with van der Waals surface area (Å²) in [6, 6.07) is 18.7. The van der Waals surface area contributed by atoms with Crippen LogP contribution in [0, 0.1) is 11.6 Å². The van der Waals surface area contributed by atoms with Crippen molar-refractivity contribution in [3.05, 3.63) is 95.1 Å². The van der Waals surface area contributed by atoms with Crippen LogP contribution in [0.25, 0.3) is 11.1 Å². The van der Waals surface area contributed by atoms with E-state index in [2.05, 4.69) is 0 Å². The second-order valence-electron chi connectivity index (χ2n) is 6.74. The molecule has 2 nitrogen and oxygen atoms in total. The first-order chi connectivity index (χ1) is 13.1. The molecule has 0 bridgehead atoms. The Bertz CT molecular complexity index is 999. The van der Waals surface area contributed by atoms with Gasteiger partial charge in [-0.05, 0) is 47.7 Å². The average molecular weight is 363 g/mol. The van der Waals surface area contributed by atoms with Crippen molar-refractivity contribution in [3.8, 4) is 11.1 Å². The van der Waals surface area contributed by atoms with Crippen LogP contribution in [0.1, 0.15) is 21.5 Å². The summed E-state index contributed by atoms with van der Waals surface area (Å²) in [7, 11) is 0. The molecule has 0 spiro atoms. The van der Waals surface area contributed by atoms with Gasteiger partial charge in [0.05, 0.1) is 0 Å². The fourth-order valence-electron chi connectivity index (χ4n) is 3.57. The van der Waals surface area contributed by atoms with Crippen molar-refractivity contribution in [1.82, 2.24) is 4.90 Å². The Morgan fingerprint density at radius 3 is 2.37 bits per heavy atom. The van der Waals surface area contributed by atoms with Crippen LogP contribution in [-0.2, 0) is 12.8 Å². The van der Waals surface area contributed by atoms with E-state index in [1.54, 1.807) is 53.4 Å². The first-order valence-electron chi connectivity index (χ1n) is 9.04. The number of rotatable bonds is 4. The van der Waals surface area contributed by atoms with Crippen LogP contribution in [0.4, 0.5) is 8.78 Å². The predicted octanol–water partition coefficient (Wildman–Crippen LogP) is 4.87. The highest BCUT2D eigenvalue weighted by atomic mass is 19.1. The molecule has 4 heteroatoms. The maximum absolute atomic E-state index is 14.0. The summed E-state index contributed by atoms with van der Waals surface area (Å²) >= 11 is 0. The number of carbonyl (C=O) groups is 1. The maximum atomic E-state index is 14.0. The molecule has 0 saturated heterocycles. The van der Waals surface area contributed by atoms with E-state index >= 15 is 0 Å². The lowest BCUT2D eigenvalue weighted by atomic mass is 9.93. The first-order valence-corrected chi connectivity index (χ1v) is 9.04. The number of carbonyl (C=O) groups excluding carboxylic acids is 1. The van der Waals surface area contributed by atoms with E-state index in [0.29, 0.717) is 42.6 Å². The van der Waals surface area contributed by atoms with Gasteiger partial charge in [-0.2, -0.15) is 0 Å². The fourth-order valence-corrected chi connectivity index (χ4v) is 3.57. The Balaban J connectivity index is 1.53. The van der Waals surface area contributed by atoms with Gasteiger partial charge in [0.25, 0.3) is 5.91 Å². The molecular weight excluding hydrogens is 344 g/mol. The molecule has 4 rings (SSSR count). The Hall–Kier alpha value is -3.01. The van der Waals surface area contributed by atoms with Crippen LogP contribution in [-0.4, -0.2) is 23.9 Å². The summed E-state index contributed by atoms with van der Waals surface area (Å²) in [4.78, 5) is 14.6. The van der Waals surface area contributed by atoms with Gasteiger partial charge < -0.3 is 4.90 Å². The second kappa shape index (κ2) is 7.31. The van der Waals surface area contributed by atoms with Crippen LogP contribution in [0.2, 0.25) is 0 Å². The molecule has 1 amide bonds. The maximum Gasteiger partial charge on any atom is 0.254 e. The first kappa shape index (κ1) is 17.4. The van der Waals surface area contributed by atoms with Gasteiger partial charge in [-0.25, -0.2) is 8.78 Å². The van der Waals surface area contributed by atoms with E-state index in [0.717, 1.165) is 11.1 Å². The molecule has 0 atom stereocenters. The largest absolute Gasteiger partial charge is 0.338 e. The summed E-state index contributed by atoms with van der Waals surface area (Å²) in [5.74, 6) is -0.560. The minimum Gasteiger partial charge on any atom is -0.338 e. The number of hydrogen-bond donors (Lipinski definition) is 0. The molecule has 3 aromatic rings. The van der Waals surface area contributed by atoms with Crippen molar-refractivity contribution in [2.24, 2.45) is 0 Å². The lowest BCUT2D eigenvalue weighted by Gasteiger charge is -2.29. The Morgan fingerprint density at radius 1 is 0.852 bits per heavy atom. The number of amides is 1. The topological polar surface area (TPSA) is 20.3 Å². The number of nitrogens with zero attached hydrogens (tertiary/aromatic N) is 1. The number of halogens is 2. The van der Waals surface area contributed by atoms with E-state index < -0.39 is 0 Å². The lowest BCUT2D eigenvalue weighted by molar-refractivity contribution is 0.0741. The fraction of sp³-hybridized carbons (Fsp3) is 0.174. The van der Waals surface area contributed by atoms with Crippen LogP contribution < -0.4 is 0 Å². The standard InChI is InChI=1S/C23H19F2NO/c24-21-7-3-1-5-16(21)11-13-26-14-12-18-15-17(9-10-20(18)23(26)27)19-6-2-4-8-22(19)25/h1-10,15H,11-14H2. The zero-order valence-electron chi connectivity index (χ0n) is 14.8. The summed E-state index contributed by atoms with van der Waals surface area (Å²) < 4.78 is 27.8. The van der Waals surface area contributed by atoms with Gasteiger partial charge >= 0.3 is 0 Å². The van der Waals surface area contributed by atoms with Crippen LogP contribution in [0.3, 0.4) is 0 Å². The Labute approximate surface area is 157 Å². The van der Waals surface area contributed by atoms with Crippen LogP contribution in [0.15, 0.2) is 66.7 Å². The molecule has 0 fully saturated rings. The highest BCUT2D eigenvalue weighted by Crippen LogP contribution is 2.28. The second-order valence-corrected chi connectivity index (χ2v) is 6.74. The average Bonchev–Trinajstić information content (AvgIpc) is 2.69. The van der Waals surface area contributed by atoms with Crippen molar-refractivity contribution >= 4 is 5.91 Å². The van der Waals surface area contributed by atoms with Crippen molar-refractivity contribution in [1.29, 1.82) is 0 Å². The molecule has 1 heterocycles. The zero-order valence-corrected chi connectivity index (χ0v) is 14.8. The highest BCUT2D eigenvalue weighted by Gasteiger charge is 2.24. The summed E-state index contributed by atoms with van der Waals surface area (Å²) in [6.07, 6.45) is 1.20. The van der Waals surface area contributed by atoms with E-state index in [4.69, 9.17) is 0 Å². The quantitative estimate of drug-likeness (QED) is 0.647. The van der Waals surface area contributed by atoms with Crippen molar-refractivity contribution in [2.45, 2.75) is 12.8 Å². The molecule has 27 heavy (non-hydrogen) atoms. The molecule has 0 N–H and O–H groups in total. The predicted molar refractivity (Wildman–Crippen MR) is 102 cm³/mol. The molecule has 0 aliphatic carbocycles. The van der Waals surface area contributed by atoms with Gasteiger partial charge in [0, 0.05) is 24.2 Å². The van der Waals surface area contributed by atoms with E-state index in [-0.39, 0.29) is 17.5 Å². The lowest BCUT2D eigenvalue weighted by Crippen LogP contribution is -2.39. The van der Waals surface area contributed by atoms with Gasteiger partial charge in [-0.3, -0.25) is 4.79 Å². The van der Waals surface area contributed by atoms with Gasteiger partial charge in [0.2, 0.25) is 0 Å². The summed E-state index contributed by atoms with van der Waals surface area (Å²) in [5, 5.41) is 0. The highest BCUT2D eigenvalue weighted by molar-refractivity contribution is 5.97. The smallest absolute Gasteiger partial charge is 0.254 e. The third kappa shape index (κ3) is 3.47. The Kier molecular flexibility index (Phi) is 4.71. The van der Waals surface area contributed by atoms with E-state index in [9.17, 15) is 13.6 Å². The third-order valence-corrected chi connectivity index (χ3v) is 5.07. The molecule has 136 valence electrons. The van der Waals surface area contributed by atoms with E-state index in [1.807, 2.05) is 6.07 Å². The third-order valence-electron chi connectivity index (χ3n) is 5.07. The molecule has 0 radical (unpaired) electrons. The normalized spacial score (nSPS) is 13.6. The van der Waals surface area contributed by atoms with E-state index in [1.165, 1.54) is 12.1 Å². The minimum atomic E-state index is -0.272. The van der Waals surface area contributed by atoms with Crippen LogP contribution >= 0.6 is 0 Å². The molecule has 0 saturated carbocycles. The van der Waals surface area contributed by atoms with Gasteiger partial charge in [-0.1, -0.05) is 48.5 Å². The molecule has 1 aliphatic heterocycles. The Morgan fingerprint density at radius 2 is 1.59 bits per heavy atom.